The summed E-state index contributed by atoms with van der Waals surface area (Å²) in [6, 6.07) is 8.00. The second kappa shape index (κ2) is 7.22. The third-order valence-corrected chi connectivity index (χ3v) is 3.51. The SMILES string of the molecule is CC(C)CC(CN)NC(=O)CCn1cnc2ccccc21. The highest BCUT2D eigenvalue weighted by Crippen LogP contribution is 2.12. The topological polar surface area (TPSA) is 72.9 Å². The molecule has 1 aromatic heterocycles. The average molecular weight is 288 g/mol. The number of carbonyl (C=O) groups is 1. The molecule has 5 heteroatoms. The van der Waals surface area contributed by atoms with Crippen LogP contribution in [0.3, 0.4) is 0 Å². The van der Waals surface area contributed by atoms with Crippen molar-refractivity contribution < 1.29 is 4.79 Å². The molecule has 0 aliphatic heterocycles. The van der Waals surface area contributed by atoms with Crippen molar-refractivity contribution in [2.75, 3.05) is 6.54 Å². The fraction of sp³-hybridized carbons (Fsp3) is 0.500. The quantitative estimate of drug-likeness (QED) is 0.817. The molecule has 0 aliphatic carbocycles. The zero-order valence-corrected chi connectivity index (χ0v) is 12.7. The van der Waals surface area contributed by atoms with Crippen LogP contribution in [0.4, 0.5) is 0 Å². The number of hydrogen-bond donors (Lipinski definition) is 2. The predicted octanol–water partition coefficient (Wildman–Crippen LogP) is 1.92. The van der Waals surface area contributed by atoms with Crippen molar-refractivity contribution in [1.82, 2.24) is 14.9 Å². The van der Waals surface area contributed by atoms with E-state index in [0.717, 1.165) is 17.5 Å². The van der Waals surface area contributed by atoms with Crippen LogP contribution >= 0.6 is 0 Å². The third-order valence-electron chi connectivity index (χ3n) is 3.51. The average Bonchev–Trinajstić information content (AvgIpc) is 2.87. The molecule has 0 aliphatic rings. The summed E-state index contributed by atoms with van der Waals surface area (Å²) in [4.78, 5) is 16.3. The lowest BCUT2D eigenvalue weighted by molar-refractivity contribution is -0.122. The predicted molar refractivity (Wildman–Crippen MR) is 84.8 cm³/mol. The first-order valence-electron chi connectivity index (χ1n) is 7.49. The standard InChI is InChI=1S/C16H24N4O/c1-12(2)9-13(10-17)19-16(21)7-8-20-11-18-14-5-3-4-6-15(14)20/h3-6,11-13H,7-10,17H2,1-2H3,(H,19,21). The van der Waals surface area contributed by atoms with E-state index in [1.54, 1.807) is 6.33 Å². The molecule has 21 heavy (non-hydrogen) atoms. The largest absolute Gasteiger partial charge is 0.352 e. The van der Waals surface area contributed by atoms with Crippen LogP contribution in [0, 0.1) is 5.92 Å². The van der Waals surface area contributed by atoms with E-state index in [1.165, 1.54) is 0 Å². The minimum absolute atomic E-state index is 0.0453. The maximum absolute atomic E-state index is 12.0. The van der Waals surface area contributed by atoms with Gasteiger partial charge in [0.1, 0.15) is 0 Å². The number of hydrogen-bond acceptors (Lipinski definition) is 3. The molecule has 0 saturated carbocycles. The van der Waals surface area contributed by atoms with Gasteiger partial charge in [0.15, 0.2) is 0 Å². The van der Waals surface area contributed by atoms with E-state index in [2.05, 4.69) is 24.1 Å². The highest BCUT2D eigenvalue weighted by molar-refractivity contribution is 5.77. The second-order valence-corrected chi connectivity index (χ2v) is 5.81. The molecular formula is C16H24N4O. The molecule has 1 atom stereocenters. The normalized spacial score (nSPS) is 12.8. The Kier molecular flexibility index (Phi) is 5.33. The summed E-state index contributed by atoms with van der Waals surface area (Å²) < 4.78 is 2.01. The van der Waals surface area contributed by atoms with Gasteiger partial charge in [0.25, 0.3) is 0 Å². The van der Waals surface area contributed by atoms with E-state index in [9.17, 15) is 4.79 Å². The van der Waals surface area contributed by atoms with Crippen LogP contribution in [-0.4, -0.2) is 28.0 Å². The molecule has 2 rings (SSSR count). The van der Waals surface area contributed by atoms with E-state index in [1.807, 2.05) is 28.8 Å². The molecule has 1 heterocycles. The zero-order valence-electron chi connectivity index (χ0n) is 12.7. The molecule has 0 saturated heterocycles. The van der Waals surface area contributed by atoms with Crippen molar-refractivity contribution in [3.05, 3.63) is 30.6 Å². The number of carbonyl (C=O) groups excluding carboxylic acids is 1. The van der Waals surface area contributed by atoms with Crippen LogP contribution in [0.5, 0.6) is 0 Å². The fourth-order valence-corrected chi connectivity index (χ4v) is 2.49. The van der Waals surface area contributed by atoms with Gasteiger partial charge < -0.3 is 15.6 Å². The Morgan fingerprint density at radius 2 is 2.14 bits per heavy atom. The zero-order chi connectivity index (χ0) is 15.2. The maximum Gasteiger partial charge on any atom is 0.222 e. The number of nitrogens with one attached hydrogen (secondary N) is 1. The molecule has 1 unspecified atom stereocenters. The minimum Gasteiger partial charge on any atom is -0.352 e. The van der Waals surface area contributed by atoms with Gasteiger partial charge >= 0.3 is 0 Å². The van der Waals surface area contributed by atoms with E-state index in [4.69, 9.17) is 5.73 Å². The number of para-hydroxylation sites is 2. The van der Waals surface area contributed by atoms with Gasteiger partial charge in [-0.3, -0.25) is 4.79 Å². The van der Waals surface area contributed by atoms with E-state index < -0.39 is 0 Å². The molecule has 0 bridgehead atoms. The second-order valence-electron chi connectivity index (χ2n) is 5.81. The number of benzene rings is 1. The minimum atomic E-state index is 0.0453. The first-order valence-corrected chi connectivity index (χ1v) is 7.49. The summed E-state index contributed by atoms with van der Waals surface area (Å²) in [5, 5.41) is 3.01. The number of imidazole rings is 1. The summed E-state index contributed by atoms with van der Waals surface area (Å²) in [5.41, 5.74) is 7.72. The number of nitrogens with two attached hydrogens (primary N) is 1. The van der Waals surface area contributed by atoms with Crippen molar-refractivity contribution in [2.24, 2.45) is 11.7 Å². The molecule has 1 amide bonds. The first kappa shape index (κ1) is 15.5. The van der Waals surface area contributed by atoms with Crippen LogP contribution < -0.4 is 11.1 Å². The summed E-state index contributed by atoms with van der Waals surface area (Å²) in [6.07, 6.45) is 3.14. The lowest BCUT2D eigenvalue weighted by Gasteiger charge is -2.18. The van der Waals surface area contributed by atoms with Gasteiger partial charge in [-0.2, -0.15) is 0 Å². The number of fused-ring (bicyclic) bond motifs is 1. The van der Waals surface area contributed by atoms with Crippen LogP contribution in [0.25, 0.3) is 11.0 Å². The first-order chi connectivity index (χ1) is 10.1. The molecule has 2 aromatic rings. The number of aryl methyl sites for hydroxylation is 1. The van der Waals surface area contributed by atoms with E-state index in [0.29, 0.717) is 25.4 Å². The monoisotopic (exact) mass is 288 g/mol. The van der Waals surface area contributed by atoms with Gasteiger partial charge in [-0.05, 0) is 24.5 Å². The summed E-state index contributed by atoms with van der Waals surface area (Å²) in [5.74, 6) is 0.570. The smallest absolute Gasteiger partial charge is 0.222 e. The highest BCUT2D eigenvalue weighted by atomic mass is 16.1. The van der Waals surface area contributed by atoms with Gasteiger partial charge in [0, 0.05) is 25.6 Å². The lowest BCUT2D eigenvalue weighted by Crippen LogP contribution is -2.41. The van der Waals surface area contributed by atoms with Gasteiger partial charge in [0.2, 0.25) is 5.91 Å². The summed E-state index contributed by atoms with van der Waals surface area (Å²) in [7, 11) is 0. The summed E-state index contributed by atoms with van der Waals surface area (Å²) >= 11 is 0. The summed E-state index contributed by atoms with van der Waals surface area (Å²) in [6.45, 7) is 5.38. The van der Waals surface area contributed by atoms with Crippen molar-refractivity contribution in [2.45, 2.75) is 39.3 Å². The van der Waals surface area contributed by atoms with Gasteiger partial charge in [-0.15, -0.1) is 0 Å². The van der Waals surface area contributed by atoms with Crippen molar-refractivity contribution >= 4 is 16.9 Å². The maximum atomic E-state index is 12.0. The third kappa shape index (κ3) is 4.29. The number of rotatable bonds is 7. The van der Waals surface area contributed by atoms with Crippen LogP contribution in [0.15, 0.2) is 30.6 Å². The fourth-order valence-electron chi connectivity index (χ4n) is 2.49. The van der Waals surface area contributed by atoms with Crippen LogP contribution in [-0.2, 0) is 11.3 Å². The molecular weight excluding hydrogens is 264 g/mol. The van der Waals surface area contributed by atoms with Gasteiger partial charge in [-0.1, -0.05) is 26.0 Å². The van der Waals surface area contributed by atoms with Crippen molar-refractivity contribution in [3.8, 4) is 0 Å². The number of amides is 1. The van der Waals surface area contributed by atoms with Crippen molar-refractivity contribution in [1.29, 1.82) is 0 Å². The lowest BCUT2D eigenvalue weighted by atomic mass is 10.0. The Morgan fingerprint density at radius 1 is 1.38 bits per heavy atom. The molecule has 1 aromatic carbocycles. The van der Waals surface area contributed by atoms with E-state index in [-0.39, 0.29) is 11.9 Å². The Hall–Kier alpha value is -1.88. The Bertz CT molecular complexity index is 591. The van der Waals surface area contributed by atoms with E-state index >= 15 is 0 Å². The highest BCUT2D eigenvalue weighted by Gasteiger charge is 2.12. The van der Waals surface area contributed by atoms with Gasteiger partial charge in [0.05, 0.1) is 17.4 Å². The molecule has 3 N–H and O–H groups in total. The molecule has 5 nitrogen and oxygen atoms in total. The van der Waals surface area contributed by atoms with Crippen LogP contribution in [0.1, 0.15) is 26.7 Å². The number of aromatic nitrogens is 2. The number of nitrogens with zero attached hydrogens (tertiary/aromatic N) is 2. The Balaban J connectivity index is 1.89. The molecule has 114 valence electrons. The van der Waals surface area contributed by atoms with Crippen LogP contribution in [0.2, 0.25) is 0 Å². The molecule has 0 radical (unpaired) electrons. The molecule has 0 spiro atoms. The van der Waals surface area contributed by atoms with Gasteiger partial charge in [-0.25, -0.2) is 4.98 Å². The Labute approximate surface area is 125 Å². The Morgan fingerprint density at radius 3 is 2.86 bits per heavy atom. The van der Waals surface area contributed by atoms with Crippen molar-refractivity contribution in [3.63, 3.8) is 0 Å². The molecule has 0 fully saturated rings.